The Kier molecular flexibility index (Phi) is 4.24. The summed E-state index contributed by atoms with van der Waals surface area (Å²) in [5.74, 6) is 6.57. The SMILES string of the molecule is Cc1ccc(C(Cc2ncnn2C(C)C)NN)cn1. The minimum atomic E-state index is -0.0187. The van der Waals surface area contributed by atoms with Crippen LogP contribution in [0.15, 0.2) is 24.7 Å². The predicted molar refractivity (Wildman–Crippen MR) is 73.1 cm³/mol. The summed E-state index contributed by atoms with van der Waals surface area (Å²) in [4.78, 5) is 8.60. The maximum absolute atomic E-state index is 5.65. The van der Waals surface area contributed by atoms with E-state index in [2.05, 4.69) is 34.3 Å². The Labute approximate surface area is 113 Å². The van der Waals surface area contributed by atoms with Crippen molar-refractivity contribution in [2.24, 2.45) is 5.84 Å². The molecular weight excluding hydrogens is 240 g/mol. The molecule has 0 saturated carbocycles. The van der Waals surface area contributed by atoms with E-state index in [1.54, 1.807) is 6.33 Å². The highest BCUT2D eigenvalue weighted by molar-refractivity contribution is 5.18. The molecule has 1 atom stereocenters. The Morgan fingerprint density at radius 1 is 1.32 bits per heavy atom. The van der Waals surface area contributed by atoms with Crippen LogP contribution in [0.2, 0.25) is 0 Å². The van der Waals surface area contributed by atoms with E-state index in [9.17, 15) is 0 Å². The predicted octanol–water partition coefficient (Wildman–Crippen LogP) is 1.31. The zero-order valence-electron chi connectivity index (χ0n) is 11.5. The first-order valence-corrected chi connectivity index (χ1v) is 6.39. The van der Waals surface area contributed by atoms with Gasteiger partial charge in [0.1, 0.15) is 12.2 Å². The minimum absolute atomic E-state index is 0.0187. The number of aryl methyl sites for hydroxylation is 1. The number of pyridine rings is 1. The zero-order chi connectivity index (χ0) is 13.8. The van der Waals surface area contributed by atoms with Crippen molar-refractivity contribution in [3.05, 3.63) is 41.7 Å². The average molecular weight is 260 g/mol. The summed E-state index contributed by atoms with van der Waals surface area (Å²) >= 11 is 0. The highest BCUT2D eigenvalue weighted by Gasteiger charge is 2.16. The molecule has 0 aliphatic rings. The smallest absolute Gasteiger partial charge is 0.138 e. The third-order valence-corrected chi connectivity index (χ3v) is 3.06. The number of hydrogen-bond donors (Lipinski definition) is 2. The maximum Gasteiger partial charge on any atom is 0.138 e. The van der Waals surface area contributed by atoms with Crippen molar-refractivity contribution in [1.29, 1.82) is 0 Å². The summed E-state index contributed by atoms with van der Waals surface area (Å²) in [5.41, 5.74) is 4.86. The van der Waals surface area contributed by atoms with E-state index in [0.29, 0.717) is 6.42 Å². The molecule has 2 rings (SSSR count). The molecule has 0 aromatic carbocycles. The quantitative estimate of drug-likeness (QED) is 0.625. The standard InChI is InChI=1S/C13H20N6/c1-9(2)19-13(16-8-17-19)6-12(18-14)11-5-4-10(3)15-7-11/h4-5,7-9,12,18H,6,14H2,1-3H3. The summed E-state index contributed by atoms with van der Waals surface area (Å²) in [6.07, 6.45) is 4.10. The number of nitrogens with one attached hydrogen (secondary N) is 1. The molecule has 0 fully saturated rings. The molecular formula is C13H20N6. The van der Waals surface area contributed by atoms with Gasteiger partial charge in [0.05, 0.1) is 6.04 Å². The van der Waals surface area contributed by atoms with Gasteiger partial charge in [-0.05, 0) is 32.4 Å². The molecule has 6 nitrogen and oxygen atoms in total. The van der Waals surface area contributed by atoms with Crippen LogP contribution in [-0.2, 0) is 6.42 Å². The highest BCUT2D eigenvalue weighted by Crippen LogP contribution is 2.17. The van der Waals surface area contributed by atoms with Crippen molar-refractivity contribution >= 4 is 0 Å². The van der Waals surface area contributed by atoms with Crippen LogP contribution in [-0.4, -0.2) is 19.7 Å². The third kappa shape index (κ3) is 3.15. The average Bonchev–Trinajstić information content (AvgIpc) is 2.85. The molecule has 0 aliphatic heterocycles. The van der Waals surface area contributed by atoms with Crippen LogP contribution in [0.5, 0.6) is 0 Å². The van der Waals surface area contributed by atoms with Gasteiger partial charge in [-0.3, -0.25) is 16.3 Å². The van der Waals surface area contributed by atoms with Crippen molar-refractivity contribution in [3.63, 3.8) is 0 Å². The van der Waals surface area contributed by atoms with Crippen molar-refractivity contribution in [1.82, 2.24) is 25.2 Å². The summed E-state index contributed by atoms with van der Waals surface area (Å²) in [6, 6.07) is 4.28. The fourth-order valence-corrected chi connectivity index (χ4v) is 1.99. The molecule has 2 heterocycles. The first kappa shape index (κ1) is 13.6. The number of nitrogens with two attached hydrogens (primary N) is 1. The van der Waals surface area contributed by atoms with E-state index >= 15 is 0 Å². The van der Waals surface area contributed by atoms with E-state index in [4.69, 9.17) is 5.84 Å². The van der Waals surface area contributed by atoms with Crippen LogP contribution in [0.3, 0.4) is 0 Å². The lowest BCUT2D eigenvalue weighted by molar-refractivity contribution is 0.468. The van der Waals surface area contributed by atoms with E-state index in [-0.39, 0.29) is 12.1 Å². The number of nitrogens with zero attached hydrogens (tertiary/aromatic N) is 4. The summed E-state index contributed by atoms with van der Waals surface area (Å²) in [6.45, 7) is 6.12. The largest absolute Gasteiger partial charge is 0.271 e. The fourth-order valence-electron chi connectivity index (χ4n) is 1.99. The van der Waals surface area contributed by atoms with Crippen LogP contribution in [0.25, 0.3) is 0 Å². The molecule has 3 N–H and O–H groups in total. The molecule has 0 radical (unpaired) electrons. The Balaban J connectivity index is 2.19. The highest BCUT2D eigenvalue weighted by atomic mass is 15.3. The molecule has 1 unspecified atom stereocenters. The van der Waals surface area contributed by atoms with Gasteiger partial charge in [0, 0.05) is 24.4 Å². The molecule has 19 heavy (non-hydrogen) atoms. The van der Waals surface area contributed by atoms with Gasteiger partial charge in [-0.1, -0.05) is 6.07 Å². The second kappa shape index (κ2) is 5.90. The van der Waals surface area contributed by atoms with Gasteiger partial charge in [0.15, 0.2) is 0 Å². The Morgan fingerprint density at radius 2 is 2.11 bits per heavy atom. The fraction of sp³-hybridized carbons (Fsp3) is 0.462. The van der Waals surface area contributed by atoms with E-state index in [1.807, 2.05) is 29.9 Å². The van der Waals surface area contributed by atoms with Gasteiger partial charge in [0.2, 0.25) is 0 Å². The molecule has 6 heteroatoms. The number of rotatable bonds is 5. The summed E-state index contributed by atoms with van der Waals surface area (Å²) < 4.78 is 1.91. The Morgan fingerprint density at radius 3 is 2.68 bits per heavy atom. The molecule has 0 amide bonds. The molecule has 2 aromatic heterocycles. The Bertz CT molecular complexity index is 516. The maximum atomic E-state index is 5.65. The van der Waals surface area contributed by atoms with Crippen molar-refractivity contribution < 1.29 is 0 Å². The van der Waals surface area contributed by atoms with Gasteiger partial charge in [-0.15, -0.1) is 0 Å². The van der Waals surface area contributed by atoms with Crippen molar-refractivity contribution in [3.8, 4) is 0 Å². The minimum Gasteiger partial charge on any atom is -0.271 e. The normalized spacial score (nSPS) is 12.9. The van der Waals surface area contributed by atoms with Crippen LogP contribution >= 0.6 is 0 Å². The molecule has 0 aliphatic carbocycles. The zero-order valence-corrected chi connectivity index (χ0v) is 11.5. The number of hydrazine groups is 1. The van der Waals surface area contributed by atoms with Crippen molar-refractivity contribution in [2.75, 3.05) is 0 Å². The lowest BCUT2D eigenvalue weighted by Gasteiger charge is -2.17. The Hall–Kier alpha value is -1.79. The lowest BCUT2D eigenvalue weighted by Crippen LogP contribution is -2.30. The van der Waals surface area contributed by atoms with Crippen LogP contribution in [0.1, 0.15) is 43.0 Å². The second-order valence-corrected chi connectivity index (χ2v) is 4.87. The van der Waals surface area contributed by atoms with Gasteiger partial charge in [0.25, 0.3) is 0 Å². The van der Waals surface area contributed by atoms with Gasteiger partial charge < -0.3 is 0 Å². The van der Waals surface area contributed by atoms with Gasteiger partial charge in [-0.2, -0.15) is 5.10 Å². The number of aromatic nitrogens is 4. The molecule has 0 bridgehead atoms. The summed E-state index contributed by atoms with van der Waals surface area (Å²) in [5, 5.41) is 4.23. The van der Waals surface area contributed by atoms with Crippen LogP contribution in [0.4, 0.5) is 0 Å². The first-order valence-electron chi connectivity index (χ1n) is 6.39. The van der Waals surface area contributed by atoms with Crippen LogP contribution < -0.4 is 11.3 Å². The summed E-state index contributed by atoms with van der Waals surface area (Å²) in [7, 11) is 0. The van der Waals surface area contributed by atoms with E-state index in [0.717, 1.165) is 17.1 Å². The molecule has 2 aromatic rings. The molecule has 102 valence electrons. The second-order valence-electron chi connectivity index (χ2n) is 4.87. The topological polar surface area (TPSA) is 81.7 Å². The molecule has 0 saturated heterocycles. The van der Waals surface area contributed by atoms with Crippen LogP contribution in [0, 0.1) is 6.92 Å². The van der Waals surface area contributed by atoms with Gasteiger partial charge >= 0.3 is 0 Å². The monoisotopic (exact) mass is 260 g/mol. The van der Waals surface area contributed by atoms with Crippen molar-refractivity contribution in [2.45, 2.75) is 39.3 Å². The van der Waals surface area contributed by atoms with E-state index < -0.39 is 0 Å². The first-order chi connectivity index (χ1) is 9.11. The lowest BCUT2D eigenvalue weighted by atomic mass is 10.1. The molecule has 0 spiro atoms. The third-order valence-electron chi connectivity index (χ3n) is 3.06. The van der Waals surface area contributed by atoms with E-state index in [1.165, 1.54) is 0 Å². The van der Waals surface area contributed by atoms with Gasteiger partial charge in [-0.25, -0.2) is 9.67 Å². The number of hydrogen-bond acceptors (Lipinski definition) is 5.